The van der Waals surface area contributed by atoms with Crippen LogP contribution in [0.4, 0.5) is 0 Å². The smallest absolute Gasteiger partial charge is 0.0794 e. The van der Waals surface area contributed by atoms with Gasteiger partial charge in [-0.15, -0.1) is 11.3 Å². The Labute approximate surface area is 82.6 Å². The maximum Gasteiger partial charge on any atom is 0.0794 e. The van der Waals surface area contributed by atoms with E-state index in [4.69, 9.17) is 0 Å². The Bertz CT molecular complexity index is 252. The van der Waals surface area contributed by atoms with Gasteiger partial charge in [0.25, 0.3) is 0 Å². The molecule has 0 bridgehead atoms. The van der Waals surface area contributed by atoms with Gasteiger partial charge in [0.2, 0.25) is 0 Å². The van der Waals surface area contributed by atoms with Crippen molar-refractivity contribution in [2.24, 2.45) is 0 Å². The van der Waals surface area contributed by atoms with Crippen molar-refractivity contribution < 1.29 is 5.11 Å². The number of nitrogens with zero attached hydrogens (tertiary/aromatic N) is 1. The summed E-state index contributed by atoms with van der Waals surface area (Å²) >= 11 is 1.64. The van der Waals surface area contributed by atoms with Gasteiger partial charge in [-0.05, 0) is 12.8 Å². The van der Waals surface area contributed by atoms with Gasteiger partial charge in [-0.2, -0.15) is 0 Å². The molecule has 0 atom stereocenters. The number of rotatable bonds is 2. The Morgan fingerprint density at radius 3 is 2.77 bits per heavy atom. The summed E-state index contributed by atoms with van der Waals surface area (Å²) in [6.07, 6.45) is 8.24. The van der Waals surface area contributed by atoms with Crippen molar-refractivity contribution >= 4 is 11.3 Å². The zero-order chi connectivity index (χ0) is 9.15. The Balaban J connectivity index is 1.99. The van der Waals surface area contributed by atoms with Gasteiger partial charge in [0, 0.05) is 17.5 Å². The summed E-state index contributed by atoms with van der Waals surface area (Å²) < 4.78 is 0. The van der Waals surface area contributed by atoms with E-state index in [2.05, 4.69) is 4.98 Å². The predicted molar refractivity (Wildman–Crippen MR) is 53.9 cm³/mol. The maximum atomic E-state index is 10.2. The molecule has 0 amide bonds. The summed E-state index contributed by atoms with van der Waals surface area (Å²) in [5.74, 6) is 0. The van der Waals surface area contributed by atoms with Gasteiger partial charge < -0.3 is 5.11 Å². The molecule has 1 heterocycles. The van der Waals surface area contributed by atoms with Crippen molar-refractivity contribution in [3.63, 3.8) is 0 Å². The third kappa shape index (κ3) is 2.29. The lowest BCUT2D eigenvalue weighted by Gasteiger charge is -2.31. The van der Waals surface area contributed by atoms with Crippen LogP contribution in [0.3, 0.4) is 0 Å². The van der Waals surface area contributed by atoms with Gasteiger partial charge in [0.1, 0.15) is 0 Å². The molecule has 0 aromatic carbocycles. The molecule has 0 radical (unpaired) electrons. The van der Waals surface area contributed by atoms with Gasteiger partial charge >= 0.3 is 0 Å². The molecule has 1 saturated carbocycles. The summed E-state index contributed by atoms with van der Waals surface area (Å²) in [5, 5.41) is 10.2. The average molecular weight is 197 g/mol. The van der Waals surface area contributed by atoms with Crippen molar-refractivity contribution in [3.05, 3.63) is 16.6 Å². The zero-order valence-electron chi connectivity index (χ0n) is 7.70. The van der Waals surface area contributed by atoms with Crippen LogP contribution < -0.4 is 0 Å². The molecule has 1 aromatic heterocycles. The number of hydrogen-bond acceptors (Lipinski definition) is 3. The lowest BCUT2D eigenvalue weighted by Crippen LogP contribution is -2.33. The van der Waals surface area contributed by atoms with Crippen LogP contribution in [0, 0.1) is 0 Å². The monoisotopic (exact) mass is 197 g/mol. The van der Waals surface area contributed by atoms with Crippen LogP contribution in [0.25, 0.3) is 0 Å². The summed E-state index contributed by atoms with van der Waals surface area (Å²) in [6, 6.07) is 0. The third-order valence-corrected chi connectivity index (χ3v) is 3.55. The molecular formula is C10H15NOS. The first-order valence-corrected chi connectivity index (χ1v) is 5.76. The van der Waals surface area contributed by atoms with Crippen molar-refractivity contribution in [1.29, 1.82) is 0 Å². The molecule has 13 heavy (non-hydrogen) atoms. The maximum absolute atomic E-state index is 10.2. The van der Waals surface area contributed by atoms with Gasteiger partial charge in [-0.1, -0.05) is 19.3 Å². The first-order chi connectivity index (χ1) is 6.29. The van der Waals surface area contributed by atoms with Crippen LogP contribution in [0.1, 0.15) is 37.0 Å². The van der Waals surface area contributed by atoms with E-state index in [1.165, 1.54) is 24.1 Å². The van der Waals surface area contributed by atoms with Gasteiger partial charge in [0.15, 0.2) is 0 Å². The summed E-state index contributed by atoms with van der Waals surface area (Å²) in [6.45, 7) is 0. The molecule has 1 aliphatic carbocycles. The summed E-state index contributed by atoms with van der Waals surface area (Å²) in [5.41, 5.74) is 1.41. The fraction of sp³-hybridized carbons (Fsp3) is 0.700. The van der Waals surface area contributed by atoms with Crippen molar-refractivity contribution in [3.8, 4) is 0 Å². The van der Waals surface area contributed by atoms with Gasteiger partial charge in [0.05, 0.1) is 11.1 Å². The van der Waals surface area contributed by atoms with Crippen LogP contribution in [0.15, 0.2) is 11.7 Å². The number of thiazole rings is 1. The first-order valence-electron chi connectivity index (χ1n) is 4.88. The Morgan fingerprint density at radius 2 is 2.15 bits per heavy atom. The molecule has 1 N–H and O–H groups in total. The first kappa shape index (κ1) is 9.16. The van der Waals surface area contributed by atoms with Gasteiger partial charge in [-0.25, -0.2) is 0 Å². The van der Waals surface area contributed by atoms with Crippen LogP contribution in [-0.4, -0.2) is 15.7 Å². The van der Waals surface area contributed by atoms with E-state index in [1.807, 2.05) is 11.7 Å². The van der Waals surface area contributed by atoms with E-state index in [1.54, 1.807) is 11.3 Å². The molecule has 1 aromatic rings. The van der Waals surface area contributed by atoms with Gasteiger partial charge in [-0.3, -0.25) is 4.98 Å². The highest BCUT2D eigenvalue weighted by atomic mass is 32.1. The second-order valence-corrected chi connectivity index (χ2v) is 4.90. The molecule has 2 rings (SSSR count). The van der Waals surface area contributed by atoms with Crippen molar-refractivity contribution in [2.75, 3.05) is 0 Å². The normalized spacial score (nSPS) is 21.6. The fourth-order valence-corrected chi connectivity index (χ4v) is 2.77. The largest absolute Gasteiger partial charge is 0.390 e. The molecule has 0 spiro atoms. The molecule has 2 nitrogen and oxygen atoms in total. The molecule has 3 heteroatoms. The second-order valence-electron chi connectivity index (χ2n) is 3.93. The third-order valence-electron chi connectivity index (χ3n) is 2.77. The summed E-state index contributed by atoms with van der Waals surface area (Å²) in [7, 11) is 0. The van der Waals surface area contributed by atoms with Crippen LogP contribution in [-0.2, 0) is 6.42 Å². The molecule has 0 unspecified atom stereocenters. The minimum absolute atomic E-state index is 0.426. The van der Waals surface area contributed by atoms with E-state index >= 15 is 0 Å². The Morgan fingerprint density at radius 1 is 1.38 bits per heavy atom. The minimum atomic E-state index is -0.426. The van der Waals surface area contributed by atoms with Crippen molar-refractivity contribution in [1.82, 2.24) is 4.98 Å². The molecule has 1 aliphatic rings. The standard InChI is InChI=1S/C10H15NOS/c12-10(4-2-1-3-5-10)6-9-7-11-8-13-9/h7-8,12H,1-6H2. The van der Waals surface area contributed by atoms with E-state index in [-0.39, 0.29) is 0 Å². The van der Waals surface area contributed by atoms with Crippen LogP contribution in [0.2, 0.25) is 0 Å². The number of aromatic nitrogens is 1. The van der Waals surface area contributed by atoms with E-state index in [9.17, 15) is 5.11 Å². The lowest BCUT2D eigenvalue weighted by molar-refractivity contribution is 0.00515. The molecular weight excluding hydrogens is 182 g/mol. The SMILES string of the molecule is OC1(Cc2cncs2)CCCCC1. The average Bonchev–Trinajstić information content (AvgIpc) is 2.57. The zero-order valence-corrected chi connectivity index (χ0v) is 8.52. The molecule has 1 fully saturated rings. The highest BCUT2D eigenvalue weighted by Gasteiger charge is 2.29. The van der Waals surface area contributed by atoms with E-state index in [0.717, 1.165) is 19.3 Å². The quantitative estimate of drug-likeness (QED) is 0.789. The predicted octanol–water partition coefficient (Wildman–Crippen LogP) is 2.38. The molecule has 72 valence electrons. The van der Waals surface area contributed by atoms with Crippen LogP contribution >= 0.6 is 11.3 Å². The lowest BCUT2D eigenvalue weighted by atomic mass is 9.82. The fourth-order valence-electron chi connectivity index (χ4n) is 2.04. The second kappa shape index (κ2) is 3.76. The molecule has 0 aliphatic heterocycles. The van der Waals surface area contributed by atoms with E-state index in [0.29, 0.717) is 0 Å². The topological polar surface area (TPSA) is 33.1 Å². The molecule has 0 saturated heterocycles. The summed E-state index contributed by atoms with van der Waals surface area (Å²) in [4.78, 5) is 5.24. The van der Waals surface area contributed by atoms with Crippen LogP contribution in [0.5, 0.6) is 0 Å². The number of hydrogen-bond donors (Lipinski definition) is 1. The minimum Gasteiger partial charge on any atom is -0.390 e. The highest BCUT2D eigenvalue weighted by Crippen LogP contribution is 2.31. The highest BCUT2D eigenvalue weighted by molar-refractivity contribution is 7.09. The Hall–Kier alpha value is -0.410. The Kier molecular flexibility index (Phi) is 2.65. The number of aliphatic hydroxyl groups is 1. The van der Waals surface area contributed by atoms with Crippen molar-refractivity contribution in [2.45, 2.75) is 44.1 Å². The van der Waals surface area contributed by atoms with E-state index < -0.39 is 5.60 Å².